The number of nitrogen functional groups attached to an aromatic ring is 1. The summed E-state index contributed by atoms with van der Waals surface area (Å²) in [7, 11) is 0. The molecule has 0 aliphatic heterocycles. The smallest absolute Gasteiger partial charge is 0.340 e. The summed E-state index contributed by atoms with van der Waals surface area (Å²) in [5.74, 6) is 0.220. The van der Waals surface area contributed by atoms with Crippen molar-refractivity contribution in [2.24, 2.45) is 5.92 Å². The first-order chi connectivity index (χ1) is 8.61. The number of esters is 1. The Morgan fingerprint density at radius 2 is 1.94 bits per heavy atom. The zero-order valence-corrected chi connectivity index (χ0v) is 11.0. The molecule has 0 unspecified atom stereocenters. The highest BCUT2D eigenvalue weighted by atomic mass is 16.6. The Labute approximate surface area is 108 Å². The predicted octanol–water partition coefficient (Wildman–Crippen LogP) is 2.49. The van der Waals surface area contributed by atoms with E-state index in [1.807, 2.05) is 0 Å². The van der Waals surface area contributed by atoms with Crippen molar-refractivity contribution in [3.05, 3.63) is 29.8 Å². The van der Waals surface area contributed by atoms with Crippen LogP contribution in [0.3, 0.4) is 0 Å². The Hall–Kier alpha value is -1.55. The molecule has 4 heteroatoms. The SMILES string of the molecule is CC(C)CCOCCOC(=O)c1ccccc1N. The maximum atomic E-state index is 11.6. The summed E-state index contributed by atoms with van der Waals surface area (Å²) in [5.41, 5.74) is 6.51. The van der Waals surface area contributed by atoms with Crippen LogP contribution in [0.25, 0.3) is 0 Å². The van der Waals surface area contributed by atoms with Crippen molar-refractivity contribution in [1.82, 2.24) is 0 Å². The van der Waals surface area contributed by atoms with Crippen LogP contribution in [0.15, 0.2) is 24.3 Å². The van der Waals surface area contributed by atoms with Gasteiger partial charge in [0.2, 0.25) is 0 Å². The number of anilines is 1. The molecule has 0 atom stereocenters. The van der Waals surface area contributed by atoms with Gasteiger partial charge in [-0.1, -0.05) is 26.0 Å². The minimum atomic E-state index is -0.402. The number of rotatable bonds is 7. The van der Waals surface area contributed by atoms with Gasteiger partial charge in [-0.25, -0.2) is 4.79 Å². The third-order valence-electron chi connectivity index (χ3n) is 2.48. The maximum absolute atomic E-state index is 11.6. The molecule has 1 aromatic carbocycles. The molecular weight excluding hydrogens is 230 g/mol. The van der Waals surface area contributed by atoms with Crippen LogP contribution in [0.2, 0.25) is 0 Å². The van der Waals surface area contributed by atoms with E-state index in [-0.39, 0.29) is 6.61 Å². The molecule has 0 amide bonds. The van der Waals surface area contributed by atoms with Crippen LogP contribution in [0.4, 0.5) is 5.69 Å². The van der Waals surface area contributed by atoms with Crippen molar-refractivity contribution >= 4 is 11.7 Å². The number of carbonyl (C=O) groups is 1. The van der Waals surface area contributed by atoms with Crippen LogP contribution in [-0.4, -0.2) is 25.8 Å². The van der Waals surface area contributed by atoms with Crippen LogP contribution in [0, 0.1) is 5.92 Å². The second-order valence-corrected chi connectivity index (χ2v) is 4.52. The molecule has 4 nitrogen and oxygen atoms in total. The summed E-state index contributed by atoms with van der Waals surface area (Å²) >= 11 is 0. The van der Waals surface area contributed by atoms with E-state index in [2.05, 4.69) is 13.8 Å². The molecule has 1 aromatic rings. The molecule has 0 aliphatic carbocycles. The van der Waals surface area contributed by atoms with Crippen molar-refractivity contribution in [2.45, 2.75) is 20.3 Å². The normalized spacial score (nSPS) is 10.6. The zero-order valence-electron chi connectivity index (χ0n) is 11.0. The molecule has 18 heavy (non-hydrogen) atoms. The Morgan fingerprint density at radius 3 is 2.61 bits per heavy atom. The van der Waals surface area contributed by atoms with Crippen LogP contribution in [0.1, 0.15) is 30.6 Å². The van der Waals surface area contributed by atoms with Gasteiger partial charge in [0.05, 0.1) is 12.2 Å². The second-order valence-electron chi connectivity index (χ2n) is 4.52. The van der Waals surface area contributed by atoms with Crippen LogP contribution in [-0.2, 0) is 9.47 Å². The zero-order chi connectivity index (χ0) is 13.4. The van der Waals surface area contributed by atoms with Gasteiger partial charge < -0.3 is 15.2 Å². The monoisotopic (exact) mass is 251 g/mol. The first kappa shape index (κ1) is 14.5. The summed E-state index contributed by atoms with van der Waals surface area (Å²) in [4.78, 5) is 11.6. The van der Waals surface area contributed by atoms with E-state index < -0.39 is 5.97 Å². The lowest BCUT2D eigenvalue weighted by Crippen LogP contribution is -2.13. The van der Waals surface area contributed by atoms with Crippen molar-refractivity contribution in [1.29, 1.82) is 0 Å². The Morgan fingerprint density at radius 1 is 1.22 bits per heavy atom. The molecule has 1 rings (SSSR count). The second kappa shape index (κ2) is 7.71. The standard InChI is InChI=1S/C14H21NO3/c1-11(2)7-8-17-9-10-18-14(16)12-5-3-4-6-13(12)15/h3-6,11H,7-10,15H2,1-2H3. The van der Waals surface area contributed by atoms with E-state index in [4.69, 9.17) is 15.2 Å². The summed E-state index contributed by atoms with van der Waals surface area (Å²) < 4.78 is 10.4. The predicted molar refractivity (Wildman–Crippen MR) is 71.4 cm³/mol. The summed E-state index contributed by atoms with van der Waals surface area (Å²) in [6.07, 6.45) is 1.01. The van der Waals surface area contributed by atoms with E-state index in [1.165, 1.54) is 0 Å². The topological polar surface area (TPSA) is 61.5 Å². The molecule has 0 aromatic heterocycles. The van der Waals surface area contributed by atoms with Crippen molar-refractivity contribution in [2.75, 3.05) is 25.6 Å². The lowest BCUT2D eigenvalue weighted by Gasteiger charge is -2.08. The average Bonchev–Trinajstić information content (AvgIpc) is 2.33. The van der Waals surface area contributed by atoms with Gasteiger partial charge in [-0.15, -0.1) is 0 Å². The summed E-state index contributed by atoms with van der Waals surface area (Å²) in [6, 6.07) is 6.86. The largest absolute Gasteiger partial charge is 0.460 e. The first-order valence-corrected chi connectivity index (χ1v) is 6.20. The van der Waals surface area contributed by atoms with Gasteiger partial charge in [0.15, 0.2) is 0 Å². The first-order valence-electron chi connectivity index (χ1n) is 6.20. The lowest BCUT2D eigenvalue weighted by molar-refractivity contribution is 0.0304. The highest BCUT2D eigenvalue weighted by Gasteiger charge is 2.09. The molecule has 100 valence electrons. The molecule has 0 saturated carbocycles. The van der Waals surface area contributed by atoms with Gasteiger partial charge in [-0.05, 0) is 24.5 Å². The van der Waals surface area contributed by atoms with Gasteiger partial charge >= 0.3 is 5.97 Å². The molecule has 0 bridgehead atoms. The molecule has 0 radical (unpaired) electrons. The minimum absolute atomic E-state index is 0.255. The number of para-hydroxylation sites is 1. The van der Waals surface area contributed by atoms with Gasteiger partial charge in [-0.2, -0.15) is 0 Å². The van der Waals surface area contributed by atoms with Gasteiger partial charge in [0, 0.05) is 12.3 Å². The van der Waals surface area contributed by atoms with E-state index in [1.54, 1.807) is 24.3 Å². The van der Waals surface area contributed by atoms with Crippen molar-refractivity contribution in [3.63, 3.8) is 0 Å². The van der Waals surface area contributed by atoms with Gasteiger partial charge in [-0.3, -0.25) is 0 Å². The summed E-state index contributed by atoms with van der Waals surface area (Å²) in [6.45, 7) is 5.66. The fourth-order valence-electron chi connectivity index (χ4n) is 1.38. The highest BCUT2D eigenvalue weighted by Crippen LogP contribution is 2.11. The Kier molecular flexibility index (Phi) is 6.22. The van der Waals surface area contributed by atoms with Crippen molar-refractivity contribution in [3.8, 4) is 0 Å². The summed E-state index contributed by atoms with van der Waals surface area (Å²) in [5, 5.41) is 0. The Bertz CT molecular complexity index is 377. The van der Waals surface area contributed by atoms with E-state index in [0.29, 0.717) is 30.4 Å². The number of carbonyl (C=O) groups excluding carboxylic acids is 1. The number of hydrogen-bond acceptors (Lipinski definition) is 4. The number of benzene rings is 1. The van der Waals surface area contributed by atoms with Crippen LogP contribution >= 0.6 is 0 Å². The molecule has 0 aliphatic rings. The van der Waals surface area contributed by atoms with E-state index >= 15 is 0 Å². The molecule has 0 saturated heterocycles. The quantitative estimate of drug-likeness (QED) is 0.459. The molecule has 2 N–H and O–H groups in total. The fourth-order valence-corrected chi connectivity index (χ4v) is 1.38. The van der Waals surface area contributed by atoms with Crippen molar-refractivity contribution < 1.29 is 14.3 Å². The third-order valence-corrected chi connectivity index (χ3v) is 2.48. The molecule has 0 heterocycles. The van der Waals surface area contributed by atoms with Crippen LogP contribution < -0.4 is 5.73 Å². The lowest BCUT2D eigenvalue weighted by atomic mass is 10.1. The molecule has 0 fully saturated rings. The van der Waals surface area contributed by atoms with Crippen LogP contribution in [0.5, 0.6) is 0 Å². The van der Waals surface area contributed by atoms with Gasteiger partial charge in [0.25, 0.3) is 0 Å². The molecule has 0 spiro atoms. The Balaban J connectivity index is 2.20. The van der Waals surface area contributed by atoms with Gasteiger partial charge in [0.1, 0.15) is 6.61 Å². The number of hydrogen-bond donors (Lipinski definition) is 1. The van der Waals surface area contributed by atoms with E-state index in [0.717, 1.165) is 6.42 Å². The third kappa shape index (κ3) is 5.19. The molecular formula is C14H21NO3. The highest BCUT2D eigenvalue weighted by molar-refractivity contribution is 5.94. The van der Waals surface area contributed by atoms with E-state index in [9.17, 15) is 4.79 Å². The maximum Gasteiger partial charge on any atom is 0.340 e. The minimum Gasteiger partial charge on any atom is -0.460 e. The fraction of sp³-hybridized carbons (Fsp3) is 0.500. The number of ether oxygens (including phenoxy) is 2. The number of nitrogens with two attached hydrogens (primary N) is 1. The average molecular weight is 251 g/mol.